The summed E-state index contributed by atoms with van der Waals surface area (Å²) in [5, 5.41) is 4.17. The van der Waals surface area contributed by atoms with Crippen molar-refractivity contribution in [3.8, 4) is 0 Å². The predicted molar refractivity (Wildman–Crippen MR) is 229 cm³/mol. The number of rotatable bonds is 5. The second kappa shape index (κ2) is 16.0. The maximum absolute atomic E-state index is 3.52. The summed E-state index contributed by atoms with van der Waals surface area (Å²) in [6.07, 6.45) is 48.8. The van der Waals surface area contributed by atoms with Gasteiger partial charge in [-0.15, -0.1) is 0 Å². The normalized spacial score (nSPS) is 53.2. The standard InChI is InChI=1S/C50H81NS2/c1-2-12-32(13-3-1)33-24-26-36(27-25-33)51(45-31-35-14-4-5-17-38(35)40-18-6-7-19-41(40)45)37-16-10-15-34(30-37)39-21-11-22-42-43-28-29-47-48(50(43)53-49(39)42)44-20-8-9-23-46(44)52-47/h32-50H,1-31H2. The van der Waals surface area contributed by atoms with Gasteiger partial charge in [-0.25, -0.2) is 0 Å². The van der Waals surface area contributed by atoms with E-state index < -0.39 is 0 Å². The first kappa shape index (κ1) is 36.7. The molecule has 1 nitrogen and oxygen atoms in total. The summed E-state index contributed by atoms with van der Waals surface area (Å²) in [6.45, 7) is 0. The van der Waals surface area contributed by atoms with Gasteiger partial charge >= 0.3 is 0 Å². The Bertz CT molecular complexity index is 1220. The molecule has 0 bridgehead atoms. The Labute approximate surface area is 336 Å². The fourth-order valence-electron chi connectivity index (χ4n) is 18.4. The van der Waals surface area contributed by atoms with Crippen molar-refractivity contribution in [2.45, 2.75) is 238 Å². The van der Waals surface area contributed by atoms with Crippen LogP contribution in [0.25, 0.3) is 0 Å². The van der Waals surface area contributed by atoms with Crippen molar-refractivity contribution in [1.82, 2.24) is 4.90 Å². The van der Waals surface area contributed by atoms with E-state index >= 15 is 0 Å². The lowest BCUT2D eigenvalue weighted by Crippen LogP contribution is -2.60. The minimum absolute atomic E-state index is 0.922. The molecule has 0 aromatic rings. The molecule has 0 N–H and O–H groups in total. The lowest BCUT2D eigenvalue weighted by atomic mass is 9.55. The van der Waals surface area contributed by atoms with Gasteiger partial charge in [0.05, 0.1) is 0 Å². The minimum Gasteiger partial charge on any atom is -0.294 e. The second-order valence-corrected chi connectivity index (χ2v) is 25.3. The molecular weight excluding hydrogens is 679 g/mol. The Kier molecular flexibility index (Phi) is 11.1. The van der Waals surface area contributed by atoms with Gasteiger partial charge in [0.1, 0.15) is 0 Å². The van der Waals surface area contributed by atoms with Crippen molar-refractivity contribution in [3.63, 3.8) is 0 Å². The van der Waals surface area contributed by atoms with E-state index in [2.05, 4.69) is 28.4 Å². The lowest BCUT2D eigenvalue weighted by molar-refractivity contribution is -0.0880. The molecule has 53 heavy (non-hydrogen) atoms. The number of hydrogen-bond acceptors (Lipinski definition) is 3. The van der Waals surface area contributed by atoms with E-state index in [9.17, 15) is 0 Å². The predicted octanol–water partition coefficient (Wildman–Crippen LogP) is 14.0. The second-order valence-electron chi connectivity index (χ2n) is 22.4. The van der Waals surface area contributed by atoms with Crippen LogP contribution < -0.4 is 0 Å². The van der Waals surface area contributed by atoms with Crippen LogP contribution in [-0.2, 0) is 0 Å². The first-order chi connectivity index (χ1) is 26.3. The van der Waals surface area contributed by atoms with E-state index in [-0.39, 0.29) is 0 Å². The SMILES string of the molecule is C1CCC(C2CCC(N(C3CCCC(C4CCCC5C6CCC7SC8CCCCC8C7C6SC45)C3)C3CC4CCCCC4C4CCCCC43)CC2)CC1. The Morgan fingerprint density at radius 3 is 1.77 bits per heavy atom. The zero-order valence-electron chi connectivity index (χ0n) is 34.2. The molecular formula is C50H81NS2. The van der Waals surface area contributed by atoms with Crippen molar-refractivity contribution in [2.75, 3.05) is 0 Å². The number of hydrogen-bond donors (Lipinski definition) is 0. The molecule has 3 heteroatoms. The van der Waals surface area contributed by atoms with Gasteiger partial charge in [0.2, 0.25) is 0 Å². The highest BCUT2D eigenvalue weighted by atomic mass is 32.2. The van der Waals surface area contributed by atoms with E-state index in [0.717, 1.165) is 110 Å². The van der Waals surface area contributed by atoms with Crippen LogP contribution in [0.2, 0.25) is 0 Å². The largest absolute Gasteiger partial charge is 0.294 e. The van der Waals surface area contributed by atoms with Gasteiger partial charge in [-0.2, -0.15) is 23.5 Å². The molecule has 298 valence electrons. The molecule has 0 aromatic carbocycles. The Balaban J connectivity index is 0.848. The fourth-order valence-corrected chi connectivity index (χ4v) is 23.1. The summed E-state index contributed by atoms with van der Waals surface area (Å²) in [6, 6.07) is 2.79. The molecule has 9 saturated carbocycles. The third-order valence-electron chi connectivity index (χ3n) is 20.4. The molecule has 11 aliphatic rings. The number of nitrogens with zero attached hydrogens (tertiary/aromatic N) is 1. The molecule has 2 aliphatic heterocycles. The van der Waals surface area contributed by atoms with Crippen molar-refractivity contribution >= 4 is 23.5 Å². The van der Waals surface area contributed by atoms with Crippen LogP contribution in [0.4, 0.5) is 0 Å². The van der Waals surface area contributed by atoms with Crippen molar-refractivity contribution in [1.29, 1.82) is 0 Å². The van der Waals surface area contributed by atoms with Crippen molar-refractivity contribution in [3.05, 3.63) is 0 Å². The molecule has 0 radical (unpaired) electrons. The fraction of sp³-hybridized carbons (Fsp3) is 1.00. The van der Waals surface area contributed by atoms with Crippen LogP contribution in [0.1, 0.15) is 199 Å². The summed E-state index contributed by atoms with van der Waals surface area (Å²) in [7, 11) is 0. The van der Waals surface area contributed by atoms with Crippen LogP contribution >= 0.6 is 23.5 Å². The third-order valence-corrected chi connectivity index (χ3v) is 24.2. The van der Waals surface area contributed by atoms with Crippen molar-refractivity contribution < 1.29 is 0 Å². The van der Waals surface area contributed by atoms with Gasteiger partial charge in [0.15, 0.2) is 0 Å². The number of fused-ring (bicyclic) bond motifs is 10. The maximum Gasteiger partial charge on any atom is 0.0135 e. The van der Waals surface area contributed by atoms with Gasteiger partial charge < -0.3 is 0 Å². The summed E-state index contributed by atoms with van der Waals surface area (Å²) >= 11 is 5.22. The van der Waals surface area contributed by atoms with E-state index in [1.54, 1.807) is 173 Å². The zero-order valence-corrected chi connectivity index (χ0v) is 35.8. The van der Waals surface area contributed by atoms with E-state index in [1.165, 1.54) is 25.7 Å². The maximum atomic E-state index is 3.52. The molecule has 9 aliphatic carbocycles. The topological polar surface area (TPSA) is 3.24 Å². The van der Waals surface area contributed by atoms with Crippen molar-refractivity contribution in [2.24, 2.45) is 71.0 Å². The molecule has 11 fully saturated rings. The minimum atomic E-state index is 0.922. The van der Waals surface area contributed by atoms with E-state index in [1.807, 2.05) is 0 Å². The number of thioether (sulfide) groups is 2. The van der Waals surface area contributed by atoms with Crippen LogP contribution in [0, 0.1) is 71.0 Å². The molecule has 2 saturated heterocycles. The van der Waals surface area contributed by atoms with Gasteiger partial charge in [-0.05, 0) is 174 Å². The smallest absolute Gasteiger partial charge is 0.0135 e. The monoisotopic (exact) mass is 760 g/mol. The molecule has 16 atom stereocenters. The average molecular weight is 760 g/mol. The summed E-state index contributed by atoms with van der Waals surface area (Å²) in [4.78, 5) is 3.52. The van der Waals surface area contributed by atoms with E-state index in [0.29, 0.717) is 0 Å². The van der Waals surface area contributed by atoms with Crippen LogP contribution in [-0.4, -0.2) is 44.0 Å². The summed E-state index contributed by atoms with van der Waals surface area (Å²) in [5.41, 5.74) is 0. The Hall–Kier alpha value is 0.660. The lowest BCUT2D eigenvalue weighted by Gasteiger charge is -2.58. The van der Waals surface area contributed by atoms with E-state index in [4.69, 9.17) is 0 Å². The highest BCUT2D eigenvalue weighted by Crippen LogP contribution is 2.66. The molecule has 16 unspecified atom stereocenters. The first-order valence-electron chi connectivity index (χ1n) is 25.4. The van der Waals surface area contributed by atoms with Gasteiger partial charge in [0.25, 0.3) is 0 Å². The highest BCUT2D eigenvalue weighted by Gasteiger charge is 2.60. The van der Waals surface area contributed by atoms with Crippen LogP contribution in [0.15, 0.2) is 0 Å². The molecule has 2 heterocycles. The zero-order chi connectivity index (χ0) is 34.9. The molecule has 0 spiro atoms. The van der Waals surface area contributed by atoms with Crippen LogP contribution in [0.3, 0.4) is 0 Å². The quantitative estimate of drug-likeness (QED) is 0.275. The van der Waals surface area contributed by atoms with Gasteiger partial charge in [-0.1, -0.05) is 96.3 Å². The average Bonchev–Trinajstić information content (AvgIpc) is 3.80. The summed E-state index contributed by atoms with van der Waals surface area (Å²) in [5.74, 6) is 13.0. The Morgan fingerprint density at radius 1 is 0.302 bits per heavy atom. The summed E-state index contributed by atoms with van der Waals surface area (Å²) < 4.78 is 0. The molecule has 0 aromatic heterocycles. The van der Waals surface area contributed by atoms with Gasteiger partial charge in [0, 0.05) is 39.1 Å². The molecule has 11 rings (SSSR count). The van der Waals surface area contributed by atoms with Gasteiger partial charge in [-0.3, -0.25) is 4.90 Å². The molecule has 0 amide bonds. The third kappa shape index (κ3) is 6.83. The van der Waals surface area contributed by atoms with Crippen LogP contribution in [0.5, 0.6) is 0 Å². The highest BCUT2D eigenvalue weighted by molar-refractivity contribution is 8.02. The first-order valence-corrected chi connectivity index (χ1v) is 27.3. The Morgan fingerprint density at radius 2 is 0.906 bits per heavy atom.